The van der Waals surface area contributed by atoms with Crippen molar-refractivity contribution in [1.82, 2.24) is 5.32 Å². The zero-order valence-electron chi connectivity index (χ0n) is 10.2. The van der Waals surface area contributed by atoms with Crippen LogP contribution in [0.4, 0.5) is 5.69 Å². The molecule has 1 aliphatic rings. The van der Waals surface area contributed by atoms with Crippen molar-refractivity contribution in [2.24, 2.45) is 0 Å². The average molecular weight is 289 g/mol. The van der Waals surface area contributed by atoms with E-state index in [-0.39, 0.29) is 5.92 Å². The summed E-state index contributed by atoms with van der Waals surface area (Å²) in [6, 6.07) is 16.2. The molecule has 0 aliphatic carbocycles. The molecule has 0 fully saturated rings. The highest BCUT2D eigenvalue weighted by atomic mass is 35.5. The number of nitrogens with one attached hydrogen (secondary N) is 2. The SMILES string of the molecule is S=C1NCC(c2cccc(Cl)c2)c2ccccc2N1. The molecule has 3 rings (SSSR count). The number of hydrogen-bond acceptors (Lipinski definition) is 1. The van der Waals surface area contributed by atoms with E-state index in [0.29, 0.717) is 5.11 Å². The quantitative estimate of drug-likeness (QED) is 0.781. The zero-order valence-corrected chi connectivity index (χ0v) is 11.8. The smallest absolute Gasteiger partial charge is 0.170 e. The Morgan fingerprint density at radius 3 is 2.79 bits per heavy atom. The highest BCUT2D eigenvalue weighted by Crippen LogP contribution is 2.32. The first-order valence-corrected chi connectivity index (χ1v) is 6.92. The Balaban J connectivity index is 2.09. The predicted octanol–water partition coefficient (Wildman–Crippen LogP) is 3.77. The van der Waals surface area contributed by atoms with Crippen LogP contribution in [0.3, 0.4) is 0 Å². The van der Waals surface area contributed by atoms with Gasteiger partial charge < -0.3 is 10.6 Å². The lowest BCUT2D eigenvalue weighted by Crippen LogP contribution is -2.28. The van der Waals surface area contributed by atoms with E-state index in [1.54, 1.807) is 0 Å². The topological polar surface area (TPSA) is 24.1 Å². The van der Waals surface area contributed by atoms with E-state index < -0.39 is 0 Å². The van der Waals surface area contributed by atoms with Crippen LogP contribution in [0.1, 0.15) is 17.0 Å². The molecule has 1 atom stereocenters. The maximum Gasteiger partial charge on any atom is 0.170 e. The molecular formula is C15H13ClN2S. The van der Waals surface area contributed by atoms with Gasteiger partial charge in [0.1, 0.15) is 0 Å². The van der Waals surface area contributed by atoms with E-state index in [9.17, 15) is 0 Å². The van der Waals surface area contributed by atoms with E-state index in [1.165, 1.54) is 11.1 Å². The van der Waals surface area contributed by atoms with Gasteiger partial charge in [-0.15, -0.1) is 0 Å². The highest BCUT2D eigenvalue weighted by Gasteiger charge is 2.21. The van der Waals surface area contributed by atoms with Gasteiger partial charge in [0.2, 0.25) is 0 Å². The third-order valence-corrected chi connectivity index (χ3v) is 3.78. The summed E-state index contributed by atoms with van der Waals surface area (Å²) in [5.74, 6) is 0.239. The molecule has 2 nitrogen and oxygen atoms in total. The molecule has 0 bridgehead atoms. The van der Waals surface area contributed by atoms with Crippen molar-refractivity contribution < 1.29 is 0 Å². The van der Waals surface area contributed by atoms with E-state index in [4.69, 9.17) is 23.8 Å². The van der Waals surface area contributed by atoms with Crippen LogP contribution in [0, 0.1) is 0 Å². The van der Waals surface area contributed by atoms with Crippen molar-refractivity contribution in [3.8, 4) is 0 Å². The van der Waals surface area contributed by atoms with E-state index in [2.05, 4.69) is 22.8 Å². The van der Waals surface area contributed by atoms with Gasteiger partial charge in [-0.3, -0.25) is 0 Å². The minimum atomic E-state index is 0.239. The normalized spacial score (nSPS) is 17.9. The van der Waals surface area contributed by atoms with Gasteiger partial charge in [-0.1, -0.05) is 41.9 Å². The second kappa shape index (κ2) is 5.19. The van der Waals surface area contributed by atoms with Gasteiger partial charge in [0.15, 0.2) is 5.11 Å². The van der Waals surface area contributed by atoms with Crippen molar-refractivity contribution in [2.45, 2.75) is 5.92 Å². The highest BCUT2D eigenvalue weighted by molar-refractivity contribution is 7.80. The van der Waals surface area contributed by atoms with Crippen molar-refractivity contribution in [1.29, 1.82) is 0 Å². The second-order valence-electron chi connectivity index (χ2n) is 4.53. The van der Waals surface area contributed by atoms with Gasteiger partial charge in [0.05, 0.1) is 0 Å². The van der Waals surface area contributed by atoms with Crippen LogP contribution in [0.2, 0.25) is 5.02 Å². The van der Waals surface area contributed by atoms with Gasteiger partial charge >= 0.3 is 0 Å². The summed E-state index contributed by atoms with van der Waals surface area (Å²) in [7, 11) is 0. The molecule has 1 aliphatic heterocycles. The largest absolute Gasteiger partial charge is 0.361 e. The summed E-state index contributed by atoms with van der Waals surface area (Å²) < 4.78 is 0. The summed E-state index contributed by atoms with van der Waals surface area (Å²) in [5, 5.41) is 7.88. The van der Waals surface area contributed by atoms with Crippen molar-refractivity contribution in [3.63, 3.8) is 0 Å². The van der Waals surface area contributed by atoms with Crippen LogP contribution in [0.15, 0.2) is 48.5 Å². The lowest BCUT2D eigenvalue weighted by atomic mass is 9.90. The minimum Gasteiger partial charge on any atom is -0.361 e. The first-order valence-electron chi connectivity index (χ1n) is 6.13. The summed E-state index contributed by atoms with van der Waals surface area (Å²) in [6.07, 6.45) is 0. The molecule has 0 radical (unpaired) electrons. The molecule has 0 saturated carbocycles. The molecule has 96 valence electrons. The van der Waals surface area contributed by atoms with Crippen molar-refractivity contribution in [2.75, 3.05) is 11.9 Å². The third kappa shape index (κ3) is 2.57. The number of anilines is 1. The Kier molecular flexibility index (Phi) is 3.40. The maximum absolute atomic E-state index is 6.10. The molecule has 1 heterocycles. The Labute approximate surface area is 122 Å². The van der Waals surface area contributed by atoms with E-state index in [0.717, 1.165) is 17.3 Å². The fourth-order valence-electron chi connectivity index (χ4n) is 2.41. The fourth-order valence-corrected chi connectivity index (χ4v) is 2.80. The minimum absolute atomic E-state index is 0.239. The first kappa shape index (κ1) is 12.5. The average Bonchev–Trinajstić information content (AvgIpc) is 2.57. The Morgan fingerprint density at radius 2 is 1.95 bits per heavy atom. The lowest BCUT2D eigenvalue weighted by molar-refractivity contribution is 0.772. The molecule has 1 unspecified atom stereocenters. The number of fused-ring (bicyclic) bond motifs is 1. The number of thiocarbonyl (C=S) groups is 1. The Morgan fingerprint density at radius 1 is 1.11 bits per heavy atom. The Bertz CT molecular complexity index is 627. The molecule has 0 saturated heterocycles. The maximum atomic E-state index is 6.10. The Hall–Kier alpha value is -1.58. The second-order valence-corrected chi connectivity index (χ2v) is 5.37. The van der Waals surface area contributed by atoms with Gasteiger partial charge in [-0.05, 0) is 41.5 Å². The summed E-state index contributed by atoms with van der Waals surface area (Å²) in [5.41, 5.74) is 3.48. The van der Waals surface area contributed by atoms with Crippen LogP contribution in [-0.2, 0) is 0 Å². The monoisotopic (exact) mass is 288 g/mol. The molecule has 2 aromatic carbocycles. The standard InChI is InChI=1S/C15H13ClN2S/c16-11-5-3-4-10(8-11)13-9-17-15(19)18-14-7-2-1-6-12(13)14/h1-8,13H,9H2,(H2,17,18,19). The third-order valence-electron chi connectivity index (χ3n) is 3.30. The molecule has 19 heavy (non-hydrogen) atoms. The number of hydrogen-bond donors (Lipinski definition) is 2. The van der Waals surface area contributed by atoms with Crippen LogP contribution in [-0.4, -0.2) is 11.7 Å². The predicted molar refractivity (Wildman–Crippen MR) is 84.0 cm³/mol. The molecule has 2 N–H and O–H groups in total. The van der Waals surface area contributed by atoms with Crippen LogP contribution < -0.4 is 10.6 Å². The first-order chi connectivity index (χ1) is 9.24. The van der Waals surface area contributed by atoms with Gasteiger partial charge in [0.25, 0.3) is 0 Å². The van der Waals surface area contributed by atoms with Gasteiger partial charge in [-0.25, -0.2) is 0 Å². The molecule has 0 aromatic heterocycles. The molecule has 0 spiro atoms. The van der Waals surface area contributed by atoms with Gasteiger partial charge in [-0.2, -0.15) is 0 Å². The lowest BCUT2D eigenvalue weighted by Gasteiger charge is -2.17. The number of halogens is 1. The fraction of sp³-hybridized carbons (Fsp3) is 0.133. The van der Waals surface area contributed by atoms with Crippen molar-refractivity contribution >= 4 is 34.6 Å². The molecule has 0 amide bonds. The van der Waals surface area contributed by atoms with E-state index >= 15 is 0 Å². The van der Waals surface area contributed by atoms with Crippen molar-refractivity contribution in [3.05, 3.63) is 64.7 Å². The summed E-state index contributed by atoms with van der Waals surface area (Å²) in [6.45, 7) is 0.767. The summed E-state index contributed by atoms with van der Waals surface area (Å²) >= 11 is 11.3. The number of rotatable bonds is 1. The van der Waals surface area contributed by atoms with Crippen LogP contribution in [0.5, 0.6) is 0 Å². The van der Waals surface area contributed by atoms with Crippen LogP contribution in [0.25, 0.3) is 0 Å². The van der Waals surface area contributed by atoms with E-state index in [1.807, 2.05) is 36.4 Å². The van der Waals surface area contributed by atoms with Crippen LogP contribution >= 0.6 is 23.8 Å². The molecule has 2 aromatic rings. The molecular weight excluding hydrogens is 276 g/mol. The molecule has 4 heteroatoms. The number of para-hydroxylation sites is 1. The summed E-state index contributed by atoms with van der Waals surface area (Å²) in [4.78, 5) is 0. The number of benzene rings is 2. The van der Waals surface area contributed by atoms with Gasteiger partial charge in [0, 0.05) is 23.2 Å². The zero-order chi connectivity index (χ0) is 13.2.